The fourth-order valence-electron chi connectivity index (χ4n) is 1.42. The predicted molar refractivity (Wildman–Crippen MR) is 59.0 cm³/mol. The third-order valence-electron chi connectivity index (χ3n) is 2.17. The first kappa shape index (κ1) is 12.2. The van der Waals surface area contributed by atoms with Crippen molar-refractivity contribution in [2.45, 2.75) is 20.8 Å². The maximum atomic E-state index is 11.3. The van der Waals surface area contributed by atoms with Crippen molar-refractivity contribution in [2.24, 2.45) is 0 Å². The molecule has 5 nitrogen and oxygen atoms in total. The lowest BCUT2D eigenvalue weighted by Crippen LogP contribution is -2.03. The maximum absolute atomic E-state index is 11.3. The number of aryl methyl sites for hydroxylation is 1. The van der Waals surface area contributed by atoms with Crippen LogP contribution >= 0.6 is 0 Å². The minimum absolute atomic E-state index is 0.0825. The Balaban J connectivity index is 3.37. The zero-order valence-electron chi connectivity index (χ0n) is 9.44. The molecule has 1 aromatic rings. The van der Waals surface area contributed by atoms with Crippen molar-refractivity contribution in [3.8, 4) is 5.75 Å². The Hall–Kier alpha value is -1.91. The number of benzene rings is 1. The smallest absolute Gasteiger partial charge is 0.280 e. The van der Waals surface area contributed by atoms with Gasteiger partial charge in [-0.05, 0) is 32.4 Å². The Morgan fingerprint density at radius 2 is 2.12 bits per heavy atom. The van der Waals surface area contributed by atoms with Crippen molar-refractivity contribution in [1.29, 1.82) is 0 Å². The molecule has 1 aromatic carbocycles. The molecule has 0 atom stereocenters. The molecule has 0 amide bonds. The Kier molecular flexibility index (Phi) is 3.60. The molecule has 0 bridgehead atoms. The molecular weight excluding hydrogens is 210 g/mol. The van der Waals surface area contributed by atoms with Crippen LogP contribution in [0, 0.1) is 17.0 Å². The SMILES string of the molecule is CCOc1cc(C(C)=O)c([N+](=O)[O-])cc1C. The summed E-state index contributed by atoms with van der Waals surface area (Å²) in [5, 5.41) is 10.8. The summed E-state index contributed by atoms with van der Waals surface area (Å²) in [7, 11) is 0. The van der Waals surface area contributed by atoms with Crippen molar-refractivity contribution >= 4 is 11.5 Å². The summed E-state index contributed by atoms with van der Waals surface area (Å²) < 4.78 is 5.29. The minimum atomic E-state index is -0.556. The van der Waals surface area contributed by atoms with Gasteiger partial charge in [-0.15, -0.1) is 0 Å². The summed E-state index contributed by atoms with van der Waals surface area (Å²) in [5.41, 5.74) is 0.561. The number of nitrogens with zero attached hydrogens (tertiary/aromatic N) is 1. The van der Waals surface area contributed by atoms with Crippen LogP contribution in [0.5, 0.6) is 5.75 Å². The fraction of sp³-hybridized carbons (Fsp3) is 0.364. The Morgan fingerprint density at radius 1 is 1.50 bits per heavy atom. The zero-order valence-corrected chi connectivity index (χ0v) is 9.44. The molecule has 16 heavy (non-hydrogen) atoms. The summed E-state index contributed by atoms with van der Waals surface area (Å²) in [5.74, 6) is 0.172. The molecule has 0 aliphatic carbocycles. The number of hydrogen-bond acceptors (Lipinski definition) is 4. The molecule has 0 saturated carbocycles. The van der Waals surface area contributed by atoms with E-state index in [0.29, 0.717) is 17.9 Å². The number of rotatable bonds is 4. The van der Waals surface area contributed by atoms with E-state index >= 15 is 0 Å². The first-order valence-electron chi connectivity index (χ1n) is 4.90. The summed E-state index contributed by atoms with van der Waals surface area (Å²) in [4.78, 5) is 21.5. The second-order valence-electron chi connectivity index (χ2n) is 3.38. The molecule has 86 valence electrons. The molecular formula is C11H13NO4. The van der Waals surface area contributed by atoms with Crippen LogP contribution in [0.3, 0.4) is 0 Å². The van der Waals surface area contributed by atoms with Gasteiger partial charge in [-0.1, -0.05) is 0 Å². The van der Waals surface area contributed by atoms with Crippen LogP contribution in [0.25, 0.3) is 0 Å². The number of carbonyl (C=O) groups excluding carboxylic acids is 1. The number of carbonyl (C=O) groups is 1. The van der Waals surface area contributed by atoms with Crippen molar-refractivity contribution in [3.05, 3.63) is 33.4 Å². The van der Waals surface area contributed by atoms with E-state index in [-0.39, 0.29) is 17.0 Å². The normalized spacial score (nSPS) is 9.94. The third-order valence-corrected chi connectivity index (χ3v) is 2.17. The van der Waals surface area contributed by atoms with Gasteiger partial charge in [-0.25, -0.2) is 0 Å². The first-order valence-corrected chi connectivity index (χ1v) is 4.90. The average Bonchev–Trinajstić information content (AvgIpc) is 2.20. The zero-order chi connectivity index (χ0) is 12.3. The highest BCUT2D eigenvalue weighted by Gasteiger charge is 2.20. The summed E-state index contributed by atoms with van der Waals surface area (Å²) in [6.45, 7) is 5.28. The lowest BCUT2D eigenvalue weighted by molar-refractivity contribution is -0.385. The Labute approximate surface area is 93.2 Å². The number of ketones is 1. The van der Waals surface area contributed by atoms with Gasteiger partial charge in [-0.3, -0.25) is 14.9 Å². The largest absolute Gasteiger partial charge is 0.494 e. The number of ether oxygens (including phenoxy) is 1. The van der Waals surface area contributed by atoms with Crippen LogP contribution < -0.4 is 4.74 Å². The highest BCUT2D eigenvalue weighted by atomic mass is 16.6. The minimum Gasteiger partial charge on any atom is -0.494 e. The second-order valence-corrected chi connectivity index (χ2v) is 3.38. The first-order chi connectivity index (χ1) is 7.47. The molecule has 1 rings (SSSR count). The lowest BCUT2D eigenvalue weighted by Gasteiger charge is -2.08. The Morgan fingerprint density at radius 3 is 2.56 bits per heavy atom. The van der Waals surface area contributed by atoms with Crippen LogP contribution in [0.4, 0.5) is 5.69 Å². The summed E-state index contributed by atoms with van der Waals surface area (Å²) in [6, 6.07) is 2.79. The topological polar surface area (TPSA) is 69.4 Å². The van der Waals surface area contributed by atoms with Gasteiger partial charge in [0, 0.05) is 6.07 Å². The van der Waals surface area contributed by atoms with E-state index in [1.807, 2.05) is 6.92 Å². The standard InChI is InChI=1S/C11H13NO4/c1-4-16-11-6-9(8(3)13)10(12(14)15)5-7(11)2/h5-6H,4H2,1-3H3. The molecule has 0 radical (unpaired) electrons. The van der Waals surface area contributed by atoms with E-state index in [4.69, 9.17) is 4.74 Å². The number of Topliss-reactive ketones (excluding diaryl/α,β-unsaturated/α-hetero) is 1. The van der Waals surface area contributed by atoms with Gasteiger partial charge in [0.15, 0.2) is 5.78 Å². The second kappa shape index (κ2) is 4.74. The van der Waals surface area contributed by atoms with Crippen molar-refractivity contribution in [2.75, 3.05) is 6.61 Å². The predicted octanol–water partition coefficient (Wildman–Crippen LogP) is 2.50. The third kappa shape index (κ3) is 2.36. The lowest BCUT2D eigenvalue weighted by atomic mass is 10.1. The van der Waals surface area contributed by atoms with Gasteiger partial charge in [0.2, 0.25) is 0 Å². The summed E-state index contributed by atoms with van der Waals surface area (Å²) >= 11 is 0. The molecule has 0 fully saturated rings. The molecule has 0 N–H and O–H groups in total. The van der Waals surface area contributed by atoms with Crippen molar-refractivity contribution < 1.29 is 14.5 Å². The van der Waals surface area contributed by atoms with Crippen molar-refractivity contribution in [1.82, 2.24) is 0 Å². The van der Waals surface area contributed by atoms with Crippen LogP contribution in [0.2, 0.25) is 0 Å². The monoisotopic (exact) mass is 223 g/mol. The fourth-order valence-corrected chi connectivity index (χ4v) is 1.42. The highest BCUT2D eigenvalue weighted by molar-refractivity contribution is 5.98. The van der Waals surface area contributed by atoms with E-state index in [2.05, 4.69) is 0 Å². The van der Waals surface area contributed by atoms with Crippen LogP contribution in [-0.4, -0.2) is 17.3 Å². The quantitative estimate of drug-likeness (QED) is 0.446. The number of nitro groups is 1. The van der Waals surface area contributed by atoms with Gasteiger partial charge in [-0.2, -0.15) is 0 Å². The summed E-state index contributed by atoms with van der Waals surface area (Å²) in [6.07, 6.45) is 0. The molecule has 0 aliphatic rings. The number of nitro benzene ring substituents is 1. The van der Waals surface area contributed by atoms with E-state index in [1.165, 1.54) is 19.1 Å². The van der Waals surface area contributed by atoms with E-state index in [9.17, 15) is 14.9 Å². The van der Waals surface area contributed by atoms with Crippen LogP contribution in [0.15, 0.2) is 12.1 Å². The van der Waals surface area contributed by atoms with Crippen molar-refractivity contribution in [3.63, 3.8) is 0 Å². The van der Waals surface area contributed by atoms with Crippen LogP contribution in [0.1, 0.15) is 29.8 Å². The van der Waals surface area contributed by atoms with Gasteiger partial charge < -0.3 is 4.74 Å². The molecule has 0 heterocycles. The van der Waals surface area contributed by atoms with Gasteiger partial charge in [0.25, 0.3) is 5.69 Å². The maximum Gasteiger partial charge on any atom is 0.280 e. The molecule has 0 saturated heterocycles. The van der Waals surface area contributed by atoms with E-state index in [0.717, 1.165) is 0 Å². The molecule has 0 aliphatic heterocycles. The van der Waals surface area contributed by atoms with E-state index in [1.54, 1.807) is 6.92 Å². The number of hydrogen-bond donors (Lipinski definition) is 0. The van der Waals surface area contributed by atoms with Gasteiger partial charge >= 0.3 is 0 Å². The Bertz CT molecular complexity index is 440. The molecule has 0 unspecified atom stereocenters. The van der Waals surface area contributed by atoms with Gasteiger partial charge in [0.1, 0.15) is 5.75 Å². The molecule has 0 aromatic heterocycles. The highest BCUT2D eigenvalue weighted by Crippen LogP contribution is 2.28. The van der Waals surface area contributed by atoms with E-state index < -0.39 is 4.92 Å². The molecule has 5 heteroatoms. The van der Waals surface area contributed by atoms with Crippen LogP contribution in [-0.2, 0) is 0 Å². The average molecular weight is 223 g/mol. The van der Waals surface area contributed by atoms with Gasteiger partial charge in [0.05, 0.1) is 17.1 Å². The molecule has 0 spiro atoms.